The predicted molar refractivity (Wildman–Crippen MR) is 83.3 cm³/mol. The zero-order valence-corrected chi connectivity index (χ0v) is 12.5. The molecule has 0 saturated carbocycles. The number of carbonyl (C=O) groups is 1. The molecule has 0 aromatic heterocycles. The van der Waals surface area contributed by atoms with E-state index in [9.17, 15) is 4.79 Å². The van der Waals surface area contributed by atoms with Crippen LogP contribution in [0.5, 0.6) is 0 Å². The van der Waals surface area contributed by atoms with Crippen LogP contribution >= 0.6 is 0 Å². The Hall–Kier alpha value is -2.87. The van der Waals surface area contributed by atoms with Gasteiger partial charge in [-0.15, -0.1) is 0 Å². The number of fused-ring (bicyclic) bond motifs is 1. The zero-order chi connectivity index (χ0) is 15.5. The minimum atomic E-state index is -0.485. The Morgan fingerprint density at radius 3 is 3.09 bits per heavy atom. The maximum Gasteiger partial charge on any atom is 0.412 e. The summed E-state index contributed by atoms with van der Waals surface area (Å²) in [6.07, 6.45) is 11.0. The number of allylic oxidation sites excluding steroid dienone is 4. The summed E-state index contributed by atoms with van der Waals surface area (Å²) < 4.78 is 5.21. The summed E-state index contributed by atoms with van der Waals surface area (Å²) in [5.74, 6) is 0. The van der Waals surface area contributed by atoms with Crippen molar-refractivity contribution in [1.29, 1.82) is 0 Å². The summed E-state index contributed by atoms with van der Waals surface area (Å²) in [5, 5.41) is 5.97. The van der Waals surface area contributed by atoms with E-state index in [-0.39, 0.29) is 12.8 Å². The molecule has 0 bridgehead atoms. The number of carbonyl (C=O) groups excluding carboxylic acids is 1. The number of likely N-dealkylation sites (N-methyl/N-ethyl adjacent to an activating group) is 1. The van der Waals surface area contributed by atoms with E-state index in [0.717, 1.165) is 22.4 Å². The fourth-order valence-electron chi connectivity index (χ4n) is 2.34. The van der Waals surface area contributed by atoms with Gasteiger partial charge in [-0.05, 0) is 30.7 Å². The Morgan fingerprint density at radius 2 is 2.32 bits per heavy atom. The third kappa shape index (κ3) is 2.91. The molecule has 5 heteroatoms. The molecule has 22 heavy (non-hydrogen) atoms. The molecule has 3 aliphatic rings. The highest BCUT2D eigenvalue weighted by molar-refractivity contribution is 5.72. The quantitative estimate of drug-likeness (QED) is 0.783. The van der Waals surface area contributed by atoms with E-state index in [2.05, 4.69) is 22.1 Å². The van der Waals surface area contributed by atoms with Gasteiger partial charge in [0.2, 0.25) is 0 Å². The average molecular weight is 295 g/mol. The molecule has 0 aromatic rings. The molecule has 0 fully saturated rings. The van der Waals surface area contributed by atoms with Crippen LogP contribution in [-0.4, -0.2) is 30.8 Å². The van der Waals surface area contributed by atoms with E-state index < -0.39 is 6.09 Å². The van der Waals surface area contributed by atoms with Crippen LogP contribution in [0.25, 0.3) is 0 Å². The van der Waals surface area contributed by atoms with Gasteiger partial charge in [0.1, 0.15) is 12.8 Å². The number of nitrogens with zero attached hydrogens (tertiary/aromatic N) is 1. The van der Waals surface area contributed by atoms with Crippen LogP contribution in [0.2, 0.25) is 0 Å². The predicted octanol–water partition coefficient (Wildman–Crippen LogP) is 2.07. The maximum absolute atomic E-state index is 11.9. The lowest BCUT2D eigenvalue weighted by molar-refractivity contribution is 0.159. The van der Waals surface area contributed by atoms with Crippen LogP contribution in [0.15, 0.2) is 70.6 Å². The van der Waals surface area contributed by atoms with Crippen LogP contribution in [0.1, 0.15) is 6.92 Å². The van der Waals surface area contributed by atoms with Crippen molar-refractivity contribution in [3.8, 4) is 0 Å². The molecule has 1 unspecified atom stereocenters. The first-order chi connectivity index (χ1) is 10.6. The monoisotopic (exact) mass is 295 g/mol. The summed E-state index contributed by atoms with van der Waals surface area (Å²) in [7, 11) is 1.97. The molecule has 2 N–H and O–H groups in total. The Kier molecular flexibility index (Phi) is 3.75. The van der Waals surface area contributed by atoms with Crippen LogP contribution in [-0.2, 0) is 4.74 Å². The van der Waals surface area contributed by atoms with Gasteiger partial charge >= 0.3 is 6.09 Å². The van der Waals surface area contributed by atoms with Gasteiger partial charge in [0.15, 0.2) is 0 Å². The van der Waals surface area contributed by atoms with Crippen molar-refractivity contribution in [2.75, 3.05) is 13.7 Å². The van der Waals surface area contributed by atoms with Crippen molar-refractivity contribution in [2.24, 2.45) is 0 Å². The lowest BCUT2D eigenvalue weighted by Crippen LogP contribution is -2.38. The van der Waals surface area contributed by atoms with E-state index >= 15 is 0 Å². The highest BCUT2D eigenvalue weighted by Crippen LogP contribution is 2.23. The second-order valence-corrected chi connectivity index (χ2v) is 5.25. The van der Waals surface area contributed by atoms with Crippen LogP contribution in [0, 0.1) is 0 Å². The summed E-state index contributed by atoms with van der Waals surface area (Å²) >= 11 is 0. The number of hydrogen-bond acceptors (Lipinski definition) is 4. The smallest absolute Gasteiger partial charge is 0.412 e. The molecule has 5 nitrogen and oxygen atoms in total. The van der Waals surface area contributed by atoms with E-state index in [1.165, 1.54) is 0 Å². The summed E-state index contributed by atoms with van der Waals surface area (Å²) in [6.45, 7) is 2.11. The van der Waals surface area contributed by atoms with Gasteiger partial charge in [0.05, 0.1) is 5.70 Å². The Morgan fingerprint density at radius 1 is 1.45 bits per heavy atom. The van der Waals surface area contributed by atoms with Crippen molar-refractivity contribution < 1.29 is 9.53 Å². The zero-order valence-electron chi connectivity index (χ0n) is 12.5. The molecule has 0 spiro atoms. The largest absolute Gasteiger partial charge is 0.444 e. The molecular formula is C17H17N3O2. The number of alkyl carbamates (subject to hydrolysis) is 1. The molecule has 0 saturated heterocycles. The topological polar surface area (TPSA) is 53.6 Å². The number of hydrogen-bond donors (Lipinski definition) is 2. The SMILES string of the molecule is CC1=C=C=C(COC(=O)NC2=CNC3C2=CC=CN3C)C=C1. The molecule has 2 aliphatic heterocycles. The van der Waals surface area contributed by atoms with Crippen molar-refractivity contribution >= 4 is 6.09 Å². The first-order valence-electron chi connectivity index (χ1n) is 7.03. The minimum Gasteiger partial charge on any atom is -0.444 e. The van der Waals surface area contributed by atoms with Crippen molar-refractivity contribution in [3.05, 3.63) is 70.6 Å². The first kappa shape index (κ1) is 14.1. The summed E-state index contributed by atoms with van der Waals surface area (Å²) in [6, 6.07) is 0. The second kappa shape index (κ2) is 5.86. The Bertz CT molecular complexity index is 727. The van der Waals surface area contributed by atoms with E-state index in [1.807, 2.05) is 49.4 Å². The number of nitrogens with one attached hydrogen (secondary N) is 2. The van der Waals surface area contributed by atoms with E-state index in [4.69, 9.17) is 4.74 Å². The van der Waals surface area contributed by atoms with Crippen molar-refractivity contribution in [2.45, 2.75) is 13.1 Å². The molecule has 1 amide bonds. The molecule has 0 aromatic carbocycles. The summed E-state index contributed by atoms with van der Waals surface area (Å²) in [4.78, 5) is 13.9. The average Bonchev–Trinajstić information content (AvgIpc) is 2.91. The maximum atomic E-state index is 11.9. The van der Waals surface area contributed by atoms with Crippen molar-refractivity contribution in [1.82, 2.24) is 15.5 Å². The molecule has 0 radical (unpaired) electrons. The van der Waals surface area contributed by atoms with Gasteiger partial charge in [0.25, 0.3) is 0 Å². The molecular weight excluding hydrogens is 278 g/mol. The fourth-order valence-corrected chi connectivity index (χ4v) is 2.34. The number of ether oxygens (including phenoxy) is 1. The van der Waals surface area contributed by atoms with Crippen LogP contribution < -0.4 is 10.6 Å². The number of rotatable bonds is 3. The fraction of sp³-hybridized carbons (Fsp3) is 0.235. The molecule has 2 heterocycles. The standard InChI is InChI=1S/C17H17N3O2/c1-12-5-7-13(8-6-12)11-22-17(21)19-15-10-18-16-14(15)4-3-9-20(16)2/h3-5,7,9-10,16,18H,11H2,1-2H3,(H,19,21). The Labute approximate surface area is 129 Å². The van der Waals surface area contributed by atoms with Gasteiger partial charge < -0.3 is 15.0 Å². The normalized spacial score (nSPS) is 21.4. The van der Waals surface area contributed by atoms with Crippen LogP contribution in [0.3, 0.4) is 0 Å². The lowest BCUT2D eigenvalue weighted by Gasteiger charge is -2.27. The van der Waals surface area contributed by atoms with Crippen LogP contribution in [0.4, 0.5) is 4.79 Å². The van der Waals surface area contributed by atoms with Gasteiger partial charge in [-0.1, -0.05) is 17.5 Å². The molecule has 112 valence electrons. The lowest BCUT2D eigenvalue weighted by atomic mass is 10.1. The number of amides is 1. The summed E-state index contributed by atoms with van der Waals surface area (Å²) in [5.41, 5.74) is 9.44. The first-order valence-corrected chi connectivity index (χ1v) is 7.03. The van der Waals surface area contributed by atoms with Crippen molar-refractivity contribution in [3.63, 3.8) is 0 Å². The third-order valence-corrected chi connectivity index (χ3v) is 3.55. The van der Waals surface area contributed by atoms with E-state index in [0.29, 0.717) is 0 Å². The van der Waals surface area contributed by atoms with Gasteiger partial charge in [0, 0.05) is 30.6 Å². The van der Waals surface area contributed by atoms with E-state index in [1.54, 1.807) is 6.20 Å². The Balaban J connectivity index is 1.57. The third-order valence-electron chi connectivity index (χ3n) is 3.55. The molecule has 1 atom stereocenters. The highest BCUT2D eigenvalue weighted by atomic mass is 16.5. The minimum absolute atomic E-state index is 0.0559. The second-order valence-electron chi connectivity index (χ2n) is 5.25. The van der Waals surface area contributed by atoms with Gasteiger partial charge in [-0.3, -0.25) is 5.32 Å². The molecule has 1 aliphatic carbocycles. The highest BCUT2D eigenvalue weighted by Gasteiger charge is 2.27. The molecule has 3 rings (SSSR count). The van der Waals surface area contributed by atoms with Gasteiger partial charge in [-0.2, -0.15) is 0 Å². The van der Waals surface area contributed by atoms with Gasteiger partial charge in [-0.25, -0.2) is 4.79 Å².